The molecule has 1 aliphatic carbocycles. The van der Waals surface area contributed by atoms with Crippen molar-refractivity contribution < 1.29 is 24.2 Å². The molecule has 1 amide bonds. The molecule has 6 heteroatoms. The number of carbonyl (C=O) groups is 2. The molecule has 1 unspecified atom stereocenters. The predicted octanol–water partition coefficient (Wildman–Crippen LogP) is 5.86. The third kappa shape index (κ3) is 5.92. The van der Waals surface area contributed by atoms with Crippen LogP contribution >= 0.6 is 0 Å². The summed E-state index contributed by atoms with van der Waals surface area (Å²) >= 11 is 0. The van der Waals surface area contributed by atoms with E-state index in [1.807, 2.05) is 30.3 Å². The summed E-state index contributed by atoms with van der Waals surface area (Å²) in [4.78, 5) is 24.7. The third-order valence-electron chi connectivity index (χ3n) is 5.69. The largest absolute Gasteiger partial charge is 0.490 e. The second kappa shape index (κ2) is 10.7. The van der Waals surface area contributed by atoms with Crippen LogP contribution in [0.5, 0.6) is 11.5 Å². The highest BCUT2D eigenvalue weighted by atomic mass is 16.5. The Morgan fingerprint density at radius 2 is 1.45 bits per heavy atom. The van der Waals surface area contributed by atoms with Crippen LogP contribution in [-0.2, 0) is 4.79 Å². The molecule has 1 aliphatic rings. The quantitative estimate of drug-likeness (QED) is 0.454. The zero-order valence-corrected chi connectivity index (χ0v) is 18.3. The van der Waals surface area contributed by atoms with Gasteiger partial charge >= 0.3 is 5.97 Å². The molecule has 0 radical (unpaired) electrons. The van der Waals surface area contributed by atoms with E-state index >= 15 is 0 Å². The molecule has 0 spiro atoms. The number of hydrogen-bond acceptors (Lipinski definition) is 4. The lowest BCUT2D eigenvalue weighted by Crippen LogP contribution is -2.26. The summed E-state index contributed by atoms with van der Waals surface area (Å²) in [6.45, 7) is 0. The monoisotopic (exact) mass is 445 g/mol. The van der Waals surface area contributed by atoms with Gasteiger partial charge in [-0.3, -0.25) is 4.79 Å². The Labute approximate surface area is 193 Å². The van der Waals surface area contributed by atoms with Crippen molar-refractivity contribution in [2.24, 2.45) is 0 Å². The van der Waals surface area contributed by atoms with Crippen LogP contribution in [-0.4, -0.2) is 23.1 Å². The maximum absolute atomic E-state index is 13.2. The van der Waals surface area contributed by atoms with E-state index < -0.39 is 18.0 Å². The van der Waals surface area contributed by atoms with Gasteiger partial charge in [-0.05, 0) is 62.1 Å². The molecule has 0 heterocycles. The van der Waals surface area contributed by atoms with E-state index in [1.165, 1.54) is 25.3 Å². The van der Waals surface area contributed by atoms with E-state index in [-0.39, 0.29) is 17.4 Å². The van der Waals surface area contributed by atoms with Crippen molar-refractivity contribution in [1.29, 1.82) is 0 Å². The van der Waals surface area contributed by atoms with Crippen LogP contribution in [0.25, 0.3) is 0 Å². The lowest BCUT2D eigenvalue weighted by Gasteiger charge is -2.23. The first-order valence-corrected chi connectivity index (χ1v) is 11.2. The Hall–Kier alpha value is -3.80. The number of ether oxygens (including phenoxy) is 2. The van der Waals surface area contributed by atoms with Crippen LogP contribution in [0.4, 0.5) is 5.69 Å². The van der Waals surface area contributed by atoms with Crippen LogP contribution in [0.15, 0.2) is 78.9 Å². The molecular weight excluding hydrogens is 418 g/mol. The van der Waals surface area contributed by atoms with E-state index in [0.29, 0.717) is 11.3 Å². The molecule has 4 rings (SSSR count). The lowest BCUT2D eigenvalue weighted by atomic mass is 9.98. The smallest absolute Gasteiger partial charge is 0.337 e. The highest BCUT2D eigenvalue weighted by Gasteiger charge is 2.24. The number of nitrogens with one attached hydrogen (secondary N) is 1. The van der Waals surface area contributed by atoms with Gasteiger partial charge in [0.05, 0.1) is 17.4 Å². The molecule has 3 aromatic carbocycles. The standard InChI is InChI=1S/C27H27NO5/c29-26(28-24-14-8-7-13-23(24)27(30)31)25(19-9-3-1-4-10-19)33-22-17-15-21(16-18-22)32-20-11-5-2-6-12-20/h1,3-4,7-10,13-18,20,25H,2,5-6,11-12H2,(H,28,29)(H,30,31). The highest BCUT2D eigenvalue weighted by Crippen LogP contribution is 2.28. The van der Waals surface area contributed by atoms with Crippen LogP contribution in [0.3, 0.4) is 0 Å². The number of benzene rings is 3. The Morgan fingerprint density at radius 3 is 2.15 bits per heavy atom. The third-order valence-corrected chi connectivity index (χ3v) is 5.69. The Morgan fingerprint density at radius 1 is 0.818 bits per heavy atom. The molecule has 170 valence electrons. The summed E-state index contributed by atoms with van der Waals surface area (Å²) in [7, 11) is 0. The van der Waals surface area contributed by atoms with Gasteiger partial charge in [0.2, 0.25) is 6.10 Å². The SMILES string of the molecule is O=C(O)c1ccccc1NC(=O)C(Oc1ccc(OC2CCCCC2)cc1)c1ccccc1. The molecule has 1 fully saturated rings. The lowest BCUT2D eigenvalue weighted by molar-refractivity contribution is -0.123. The first-order valence-electron chi connectivity index (χ1n) is 11.2. The molecular formula is C27H27NO5. The van der Waals surface area contributed by atoms with Gasteiger partial charge in [0.1, 0.15) is 11.5 Å². The minimum atomic E-state index is -1.11. The minimum absolute atomic E-state index is 0.0156. The number of carboxylic acids is 1. The predicted molar refractivity (Wildman–Crippen MR) is 126 cm³/mol. The fourth-order valence-electron chi connectivity index (χ4n) is 3.99. The average Bonchev–Trinajstić information content (AvgIpc) is 2.85. The number of para-hydroxylation sites is 1. The zero-order chi connectivity index (χ0) is 23.0. The number of amides is 1. The number of rotatable bonds is 8. The molecule has 3 aromatic rings. The van der Waals surface area contributed by atoms with E-state index in [4.69, 9.17) is 9.47 Å². The summed E-state index contributed by atoms with van der Waals surface area (Å²) in [5.41, 5.74) is 0.892. The maximum Gasteiger partial charge on any atom is 0.337 e. The van der Waals surface area contributed by atoms with Gasteiger partial charge in [0.15, 0.2) is 0 Å². The number of aromatic carboxylic acids is 1. The highest BCUT2D eigenvalue weighted by molar-refractivity contribution is 6.02. The Bertz CT molecular complexity index is 1080. The first-order chi connectivity index (χ1) is 16.1. The second-order valence-electron chi connectivity index (χ2n) is 8.10. The van der Waals surface area contributed by atoms with Crippen LogP contribution in [0.1, 0.15) is 54.1 Å². The summed E-state index contributed by atoms with van der Waals surface area (Å²) in [6.07, 6.45) is 5.11. The summed E-state index contributed by atoms with van der Waals surface area (Å²) in [5, 5.41) is 12.1. The topological polar surface area (TPSA) is 84.9 Å². The van der Waals surface area contributed by atoms with Gasteiger partial charge in [0, 0.05) is 5.56 Å². The molecule has 0 aromatic heterocycles. The first kappa shape index (κ1) is 22.4. The van der Waals surface area contributed by atoms with E-state index in [1.54, 1.807) is 42.5 Å². The van der Waals surface area contributed by atoms with Crippen molar-refractivity contribution in [3.05, 3.63) is 90.0 Å². The molecule has 0 aliphatic heterocycles. The van der Waals surface area contributed by atoms with Crippen molar-refractivity contribution in [1.82, 2.24) is 0 Å². The fourth-order valence-corrected chi connectivity index (χ4v) is 3.99. The van der Waals surface area contributed by atoms with Crippen LogP contribution in [0, 0.1) is 0 Å². The van der Waals surface area contributed by atoms with Crippen molar-refractivity contribution in [3.63, 3.8) is 0 Å². The summed E-state index contributed by atoms with van der Waals surface area (Å²) in [6, 6.07) is 22.7. The van der Waals surface area contributed by atoms with E-state index in [9.17, 15) is 14.7 Å². The fraction of sp³-hybridized carbons (Fsp3) is 0.259. The van der Waals surface area contributed by atoms with Gasteiger partial charge < -0.3 is 19.9 Å². The maximum atomic E-state index is 13.2. The number of carbonyl (C=O) groups excluding carboxylic acids is 1. The minimum Gasteiger partial charge on any atom is -0.490 e. The van der Waals surface area contributed by atoms with Gasteiger partial charge in [-0.2, -0.15) is 0 Å². The zero-order valence-electron chi connectivity index (χ0n) is 18.3. The molecule has 33 heavy (non-hydrogen) atoms. The molecule has 1 saturated carbocycles. The number of hydrogen-bond donors (Lipinski definition) is 2. The average molecular weight is 446 g/mol. The van der Waals surface area contributed by atoms with Gasteiger partial charge in [-0.25, -0.2) is 4.79 Å². The van der Waals surface area contributed by atoms with Crippen molar-refractivity contribution in [2.75, 3.05) is 5.32 Å². The molecule has 2 N–H and O–H groups in total. The molecule has 0 saturated heterocycles. The molecule has 1 atom stereocenters. The number of anilines is 1. The molecule has 0 bridgehead atoms. The van der Waals surface area contributed by atoms with Crippen molar-refractivity contribution >= 4 is 17.6 Å². The Balaban J connectivity index is 1.51. The Kier molecular flexibility index (Phi) is 7.25. The van der Waals surface area contributed by atoms with Gasteiger partial charge in [0.25, 0.3) is 5.91 Å². The van der Waals surface area contributed by atoms with Gasteiger partial charge in [-0.1, -0.05) is 48.9 Å². The van der Waals surface area contributed by atoms with Crippen molar-refractivity contribution in [2.45, 2.75) is 44.3 Å². The molecule has 6 nitrogen and oxygen atoms in total. The van der Waals surface area contributed by atoms with Crippen LogP contribution < -0.4 is 14.8 Å². The van der Waals surface area contributed by atoms with E-state index in [2.05, 4.69) is 5.32 Å². The summed E-state index contributed by atoms with van der Waals surface area (Å²) in [5.74, 6) is -0.277. The normalized spacial score (nSPS) is 14.8. The van der Waals surface area contributed by atoms with E-state index in [0.717, 1.165) is 18.6 Å². The van der Waals surface area contributed by atoms with Crippen molar-refractivity contribution in [3.8, 4) is 11.5 Å². The number of carboxylic acid groups (broad SMARTS) is 1. The summed E-state index contributed by atoms with van der Waals surface area (Å²) < 4.78 is 12.1. The van der Waals surface area contributed by atoms with Crippen LogP contribution in [0.2, 0.25) is 0 Å². The second-order valence-corrected chi connectivity index (χ2v) is 8.10. The van der Waals surface area contributed by atoms with Gasteiger partial charge in [-0.15, -0.1) is 0 Å².